The molecule has 102 valence electrons. The Hall–Kier alpha value is -1.04. The van der Waals surface area contributed by atoms with Crippen LogP contribution in [-0.4, -0.2) is 37.4 Å². The summed E-state index contributed by atoms with van der Waals surface area (Å²) in [6.07, 6.45) is 4.29. The maximum absolute atomic E-state index is 11.2. The molecule has 0 amide bonds. The highest BCUT2D eigenvalue weighted by molar-refractivity contribution is 7.84. The molecule has 0 radical (unpaired) electrons. The van der Waals surface area contributed by atoms with Gasteiger partial charge in [0.15, 0.2) is 0 Å². The van der Waals surface area contributed by atoms with Gasteiger partial charge in [-0.15, -0.1) is 5.10 Å². The molecule has 0 saturated heterocycles. The molecular formula is C12H22N4OS. The van der Waals surface area contributed by atoms with Gasteiger partial charge in [-0.3, -0.25) is 4.21 Å². The molecule has 1 N–H and O–H groups in total. The molecule has 2 unspecified atom stereocenters. The predicted molar refractivity (Wildman–Crippen MR) is 75.2 cm³/mol. The summed E-state index contributed by atoms with van der Waals surface area (Å²) in [5, 5.41) is 11.5. The van der Waals surface area contributed by atoms with Crippen molar-refractivity contribution in [2.75, 3.05) is 18.1 Å². The van der Waals surface area contributed by atoms with E-state index in [1.165, 1.54) is 0 Å². The minimum Gasteiger partial charge on any atom is -0.353 e. The van der Waals surface area contributed by atoms with E-state index < -0.39 is 10.8 Å². The molecule has 0 aliphatic carbocycles. The van der Waals surface area contributed by atoms with Crippen molar-refractivity contribution in [3.05, 3.63) is 11.4 Å². The van der Waals surface area contributed by atoms with E-state index in [2.05, 4.69) is 34.3 Å². The van der Waals surface area contributed by atoms with E-state index in [0.29, 0.717) is 5.95 Å². The number of nitrogens with zero attached hydrogens (tertiary/aromatic N) is 3. The first-order chi connectivity index (χ1) is 8.58. The summed E-state index contributed by atoms with van der Waals surface area (Å²) in [6.45, 7) is 6.82. The van der Waals surface area contributed by atoms with E-state index in [1.807, 2.05) is 6.92 Å². The quantitative estimate of drug-likeness (QED) is 0.814. The van der Waals surface area contributed by atoms with Crippen molar-refractivity contribution < 1.29 is 4.21 Å². The second-order valence-corrected chi connectivity index (χ2v) is 6.06. The zero-order valence-electron chi connectivity index (χ0n) is 11.6. The van der Waals surface area contributed by atoms with E-state index in [0.717, 1.165) is 37.2 Å². The lowest BCUT2D eigenvalue weighted by Crippen LogP contribution is -2.17. The van der Waals surface area contributed by atoms with Crippen LogP contribution in [0.3, 0.4) is 0 Å². The second-order valence-electron chi connectivity index (χ2n) is 4.26. The molecule has 0 spiro atoms. The fraction of sp³-hybridized carbons (Fsp3) is 0.750. The maximum atomic E-state index is 11.2. The fourth-order valence-corrected chi connectivity index (χ4v) is 2.02. The van der Waals surface area contributed by atoms with Crippen LogP contribution in [0.1, 0.15) is 38.6 Å². The Kier molecular flexibility index (Phi) is 6.18. The maximum Gasteiger partial charge on any atom is 0.242 e. The molecule has 1 heterocycles. The molecule has 0 aromatic carbocycles. The average Bonchev–Trinajstić information content (AvgIpc) is 2.38. The monoisotopic (exact) mass is 270 g/mol. The summed E-state index contributed by atoms with van der Waals surface area (Å²) < 4.78 is 11.2. The van der Waals surface area contributed by atoms with Gasteiger partial charge in [0, 0.05) is 28.9 Å². The van der Waals surface area contributed by atoms with E-state index in [9.17, 15) is 4.21 Å². The number of aryl methyl sites for hydroxylation is 2. The van der Waals surface area contributed by atoms with Crippen LogP contribution in [0.2, 0.25) is 0 Å². The largest absolute Gasteiger partial charge is 0.353 e. The first-order valence-corrected chi connectivity index (χ1v) is 7.99. The van der Waals surface area contributed by atoms with Gasteiger partial charge in [-0.05, 0) is 19.3 Å². The highest BCUT2D eigenvalue weighted by Gasteiger charge is 2.08. The molecule has 0 aliphatic heterocycles. The van der Waals surface area contributed by atoms with Crippen molar-refractivity contribution in [3.63, 3.8) is 0 Å². The van der Waals surface area contributed by atoms with Gasteiger partial charge in [0.05, 0.1) is 11.4 Å². The van der Waals surface area contributed by atoms with Crippen molar-refractivity contribution in [1.29, 1.82) is 0 Å². The van der Waals surface area contributed by atoms with Gasteiger partial charge in [-0.25, -0.2) is 4.98 Å². The first-order valence-electron chi connectivity index (χ1n) is 6.37. The zero-order valence-corrected chi connectivity index (χ0v) is 12.4. The van der Waals surface area contributed by atoms with Gasteiger partial charge in [0.25, 0.3) is 0 Å². The SMILES string of the molecule is CCc1nnc(NCCC(C)S(C)=O)nc1CC. The molecule has 0 aliphatic rings. The van der Waals surface area contributed by atoms with E-state index in [1.54, 1.807) is 6.26 Å². The van der Waals surface area contributed by atoms with Gasteiger partial charge >= 0.3 is 0 Å². The van der Waals surface area contributed by atoms with E-state index >= 15 is 0 Å². The molecular weight excluding hydrogens is 248 g/mol. The normalized spacial score (nSPS) is 14.2. The molecule has 1 aromatic rings. The van der Waals surface area contributed by atoms with Crippen molar-refractivity contribution in [1.82, 2.24) is 15.2 Å². The molecule has 6 heteroatoms. The molecule has 5 nitrogen and oxygen atoms in total. The lowest BCUT2D eigenvalue weighted by molar-refractivity contribution is 0.671. The minimum absolute atomic E-state index is 0.186. The number of anilines is 1. The molecule has 1 rings (SSSR count). The van der Waals surface area contributed by atoms with Crippen LogP contribution in [0, 0.1) is 0 Å². The number of nitrogens with one attached hydrogen (secondary N) is 1. The van der Waals surface area contributed by atoms with Crippen LogP contribution in [0.4, 0.5) is 5.95 Å². The Balaban J connectivity index is 2.55. The summed E-state index contributed by atoms with van der Waals surface area (Å²) >= 11 is 0. The van der Waals surface area contributed by atoms with Crippen LogP contribution in [0.5, 0.6) is 0 Å². The standard InChI is InChI=1S/C12H22N4OS/c1-5-10-11(6-2)15-16-12(14-10)13-8-7-9(3)18(4)17/h9H,5-8H2,1-4H3,(H,13,14,16). The molecule has 18 heavy (non-hydrogen) atoms. The lowest BCUT2D eigenvalue weighted by atomic mass is 10.2. The summed E-state index contributed by atoms with van der Waals surface area (Å²) in [4.78, 5) is 4.44. The second kappa shape index (κ2) is 7.41. The van der Waals surface area contributed by atoms with Crippen LogP contribution < -0.4 is 5.32 Å². The third-order valence-corrected chi connectivity index (χ3v) is 4.28. The highest BCUT2D eigenvalue weighted by Crippen LogP contribution is 2.07. The van der Waals surface area contributed by atoms with Crippen molar-refractivity contribution in [2.45, 2.75) is 45.3 Å². The van der Waals surface area contributed by atoms with Crippen LogP contribution >= 0.6 is 0 Å². The topological polar surface area (TPSA) is 67.8 Å². The van der Waals surface area contributed by atoms with E-state index in [4.69, 9.17) is 0 Å². The van der Waals surface area contributed by atoms with Gasteiger partial charge < -0.3 is 5.32 Å². The molecule has 0 bridgehead atoms. The third-order valence-electron chi connectivity index (χ3n) is 2.91. The number of rotatable bonds is 7. The van der Waals surface area contributed by atoms with E-state index in [-0.39, 0.29) is 5.25 Å². The zero-order chi connectivity index (χ0) is 13.5. The average molecular weight is 270 g/mol. The summed E-state index contributed by atoms with van der Waals surface area (Å²) in [6, 6.07) is 0. The van der Waals surface area contributed by atoms with Crippen LogP contribution in [0.25, 0.3) is 0 Å². The van der Waals surface area contributed by atoms with Gasteiger partial charge in [0.2, 0.25) is 5.95 Å². The van der Waals surface area contributed by atoms with Crippen LogP contribution in [0.15, 0.2) is 0 Å². The highest BCUT2D eigenvalue weighted by atomic mass is 32.2. The summed E-state index contributed by atoms with van der Waals surface area (Å²) in [5.41, 5.74) is 1.97. The molecule has 1 aromatic heterocycles. The predicted octanol–water partition coefficient (Wildman–Crippen LogP) is 1.57. The van der Waals surface area contributed by atoms with Crippen LogP contribution in [-0.2, 0) is 23.6 Å². The molecule has 0 fully saturated rings. The Morgan fingerprint density at radius 3 is 2.44 bits per heavy atom. The Bertz CT molecular complexity index is 411. The lowest BCUT2D eigenvalue weighted by Gasteiger charge is -2.10. The van der Waals surface area contributed by atoms with Gasteiger partial charge in [-0.1, -0.05) is 20.8 Å². The molecule has 0 saturated carbocycles. The van der Waals surface area contributed by atoms with Gasteiger partial charge in [-0.2, -0.15) is 5.10 Å². The fourth-order valence-electron chi connectivity index (χ4n) is 1.57. The smallest absolute Gasteiger partial charge is 0.242 e. The first kappa shape index (κ1) is 15.0. The third kappa shape index (κ3) is 4.33. The van der Waals surface area contributed by atoms with Crippen molar-refractivity contribution in [2.24, 2.45) is 0 Å². The Morgan fingerprint density at radius 1 is 1.22 bits per heavy atom. The molecule has 2 atom stereocenters. The van der Waals surface area contributed by atoms with Gasteiger partial charge in [0.1, 0.15) is 0 Å². The Labute approximate surface area is 111 Å². The van der Waals surface area contributed by atoms with Crippen molar-refractivity contribution >= 4 is 16.7 Å². The number of aromatic nitrogens is 3. The minimum atomic E-state index is -0.776. The summed E-state index contributed by atoms with van der Waals surface area (Å²) in [5.74, 6) is 0.568. The number of hydrogen-bond donors (Lipinski definition) is 1. The summed E-state index contributed by atoms with van der Waals surface area (Å²) in [7, 11) is -0.776. The number of hydrogen-bond acceptors (Lipinski definition) is 5. The van der Waals surface area contributed by atoms with Crippen molar-refractivity contribution in [3.8, 4) is 0 Å². The Morgan fingerprint density at radius 2 is 1.89 bits per heavy atom.